The molecule has 0 saturated carbocycles. The lowest BCUT2D eigenvalue weighted by molar-refractivity contribution is -0.122. The van der Waals surface area contributed by atoms with Gasteiger partial charge in [-0.3, -0.25) is 38.9 Å². The number of benzene rings is 4. The number of nitrogens with zero attached hydrogens (tertiary/aromatic N) is 11. The van der Waals surface area contributed by atoms with E-state index in [-0.39, 0.29) is 65.4 Å². The summed E-state index contributed by atoms with van der Waals surface area (Å²) in [6.07, 6.45) is -2.77. The highest BCUT2D eigenvalue weighted by atomic mass is 28.3. The number of alkyl halides is 10. The molecule has 6 heterocycles. The molecule has 0 unspecified atom stereocenters. The second kappa shape index (κ2) is 23.4. The van der Waals surface area contributed by atoms with E-state index in [0.29, 0.717) is 29.4 Å². The van der Waals surface area contributed by atoms with Crippen LogP contribution in [0.3, 0.4) is 0 Å². The van der Waals surface area contributed by atoms with Crippen LogP contribution < -0.4 is 39.3 Å². The molecule has 82 heavy (non-hydrogen) atoms. The third-order valence-corrected chi connectivity index (χ3v) is 14.5. The molecule has 0 fully saturated rings. The van der Waals surface area contributed by atoms with Gasteiger partial charge in [0.2, 0.25) is 0 Å². The number of halogens is 10. The van der Waals surface area contributed by atoms with Gasteiger partial charge in [0.05, 0.1) is 82.0 Å². The molecule has 0 spiro atoms. The van der Waals surface area contributed by atoms with Gasteiger partial charge in [-0.25, -0.2) is 9.59 Å². The van der Waals surface area contributed by atoms with Crippen molar-refractivity contribution in [1.82, 2.24) is 29.5 Å². The zero-order chi connectivity index (χ0) is 58.8. The summed E-state index contributed by atoms with van der Waals surface area (Å²) < 4.78 is 148. The SMILES string of the molecule is Cn1cc2cc(N3Cc4ncc(N(COCC[Si](C)(C)C)CC(F)(F)F)cc4N(c4ccc(OC(F)F)cc4)C3=O)ccc2n1.Cn1cc2cc(N3Cc4ncc(NCC(F)(F)F)cc4N(c4ccc(OC(F)F)cc4)C3=O)ccc2n1. The first-order chi connectivity index (χ1) is 38.7. The van der Waals surface area contributed by atoms with E-state index in [1.807, 2.05) is 6.20 Å². The lowest BCUT2D eigenvalue weighted by Gasteiger charge is -2.37. The van der Waals surface area contributed by atoms with E-state index in [9.17, 15) is 53.5 Å². The first-order valence-electron chi connectivity index (χ1n) is 25.1. The van der Waals surface area contributed by atoms with E-state index >= 15 is 0 Å². The van der Waals surface area contributed by atoms with Crippen LogP contribution in [0.15, 0.2) is 122 Å². The lowest BCUT2D eigenvalue weighted by atomic mass is 10.1. The van der Waals surface area contributed by atoms with E-state index in [1.165, 1.54) is 92.7 Å². The molecule has 432 valence electrons. The maximum absolute atomic E-state index is 14.1. The summed E-state index contributed by atoms with van der Waals surface area (Å²) in [5, 5.41) is 12.6. The first kappa shape index (κ1) is 58.0. The van der Waals surface area contributed by atoms with Crippen molar-refractivity contribution in [1.29, 1.82) is 0 Å². The largest absolute Gasteiger partial charge is 0.435 e. The maximum atomic E-state index is 14.1. The Morgan fingerprint density at radius 3 is 1.54 bits per heavy atom. The van der Waals surface area contributed by atoms with Gasteiger partial charge in [0.1, 0.15) is 31.3 Å². The van der Waals surface area contributed by atoms with Crippen LogP contribution in [0.5, 0.6) is 11.5 Å². The Labute approximate surface area is 462 Å². The molecule has 0 atom stereocenters. The van der Waals surface area contributed by atoms with Crippen LogP contribution in [0.2, 0.25) is 25.7 Å². The molecule has 0 bridgehead atoms. The number of ether oxygens (including phenoxy) is 3. The van der Waals surface area contributed by atoms with Crippen molar-refractivity contribution in [2.75, 3.05) is 56.2 Å². The van der Waals surface area contributed by atoms with Crippen LogP contribution in [0.4, 0.5) is 99.0 Å². The van der Waals surface area contributed by atoms with E-state index in [0.717, 1.165) is 32.7 Å². The van der Waals surface area contributed by atoms with Gasteiger partial charge in [0, 0.05) is 63.3 Å². The van der Waals surface area contributed by atoms with Gasteiger partial charge in [0.15, 0.2) is 0 Å². The first-order valence-corrected chi connectivity index (χ1v) is 28.8. The fraction of sp³-hybridized carbons (Fsp3) is 0.296. The molecule has 2 aliphatic rings. The summed E-state index contributed by atoms with van der Waals surface area (Å²) in [4.78, 5) is 43.3. The Morgan fingerprint density at radius 2 is 1.09 bits per heavy atom. The third-order valence-electron chi connectivity index (χ3n) is 12.8. The fourth-order valence-electron chi connectivity index (χ4n) is 8.98. The summed E-state index contributed by atoms with van der Waals surface area (Å²) in [7, 11) is 2.09. The van der Waals surface area contributed by atoms with Crippen molar-refractivity contribution in [3.63, 3.8) is 0 Å². The van der Waals surface area contributed by atoms with Crippen LogP contribution in [0.1, 0.15) is 11.4 Å². The van der Waals surface area contributed by atoms with Gasteiger partial charge >= 0.3 is 37.6 Å². The highest BCUT2D eigenvalue weighted by Gasteiger charge is 2.38. The number of nitrogens with one attached hydrogen (secondary N) is 1. The minimum atomic E-state index is -4.53. The number of aromatic nitrogens is 6. The van der Waals surface area contributed by atoms with Crippen LogP contribution >= 0.6 is 0 Å². The van der Waals surface area contributed by atoms with Gasteiger partial charge in [0.25, 0.3) is 0 Å². The van der Waals surface area contributed by atoms with Crippen LogP contribution in [0, 0.1) is 0 Å². The van der Waals surface area contributed by atoms with Crippen molar-refractivity contribution in [3.8, 4) is 11.5 Å². The predicted octanol–water partition coefficient (Wildman–Crippen LogP) is 13.4. The molecule has 8 aromatic rings. The van der Waals surface area contributed by atoms with E-state index < -0.39 is 58.8 Å². The number of fused-ring (bicyclic) bond motifs is 4. The van der Waals surface area contributed by atoms with Gasteiger partial charge in [-0.15, -0.1) is 0 Å². The van der Waals surface area contributed by atoms with Crippen molar-refractivity contribution < 1.29 is 67.7 Å². The predicted molar refractivity (Wildman–Crippen MR) is 290 cm³/mol. The minimum Gasteiger partial charge on any atom is -0.435 e. The minimum absolute atomic E-state index is 0.0370. The Morgan fingerprint density at radius 1 is 0.622 bits per heavy atom. The number of urea groups is 2. The Bertz CT molecular complexity index is 3580. The van der Waals surface area contributed by atoms with Gasteiger partial charge in [-0.2, -0.15) is 54.1 Å². The number of carbonyl (C=O) groups is 2. The van der Waals surface area contributed by atoms with Crippen molar-refractivity contribution >= 4 is 87.4 Å². The zero-order valence-corrected chi connectivity index (χ0v) is 45.4. The zero-order valence-electron chi connectivity index (χ0n) is 44.4. The van der Waals surface area contributed by atoms with E-state index in [1.54, 1.807) is 66.1 Å². The Kier molecular flexibility index (Phi) is 16.6. The van der Waals surface area contributed by atoms with E-state index in [4.69, 9.17) is 4.74 Å². The Balaban J connectivity index is 0.000000201. The molecular weight excluding hydrogens is 1110 g/mol. The molecule has 4 amide bonds. The maximum Gasteiger partial charge on any atom is 0.406 e. The van der Waals surface area contributed by atoms with E-state index in [2.05, 4.69) is 54.6 Å². The smallest absolute Gasteiger partial charge is 0.406 e. The number of aryl methyl sites for hydroxylation is 2. The van der Waals surface area contributed by atoms with Crippen molar-refractivity contribution in [3.05, 3.63) is 133 Å². The topological polar surface area (TPSA) is 151 Å². The summed E-state index contributed by atoms with van der Waals surface area (Å²) in [5.41, 5.74) is 4.69. The molecule has 17 nitrogen and oxygen atoms in total. The number of carbonyl (C=O) groups excluding carboxylic acids is 2. The highest BCUT2D eigenvalue weighted by Crippen LogP contribution is 2.42. The van der Waals surface area contributed by atoms with Crippen LogP contribution in [-0.2, 0) is 31.9 Å². The quantitative estimate of drug-likeness (QED) is 0.0401. The Hall–Kier alpha value is -8.66. The lowest BCUT2D eigenvalue weighted by Crippen LogP contribution is -2.45. The second-order valence-electron chi connectivity index (χ2n) is 20.2. The second-order valence-corrected chi connectivity index (χ2v) is 25.8. The molecule has 0 saturated heterocycles. The number of amides is 4. The summed E-state index contributed by atoms with van der Waals surface area (Å²) in [6.45, 7) is -2.10. The van der Waals surface area contributed by atoms with Crippen molar-refractivity contribution in [2.45, 2.75) is 64.4 Å². The summed E-state index contributed by atoms with van der Waals surface area (Å²) in [5.74, 6) is -0.225. The number of hydrogen-bond acceptors (Lipinski definition) is 11. The normalized spacial score (nSPS) is 13.9. The van der Waals surface area contributed by atoms with Crippen molar-refractivity contribution in [2.24, 2.45) is 14.1 Å². The molecule has 2 aliphatic heterocycles. The molecule has 4 aromatic carbocycles. The third kappa shape index (κ3) is 14.1. The van der Waals surface area contributed by atoms with Crippen LogP contribution in [0.25, 0.3) is 21.8 Å². The molecular formula is C54H52F10N12O5Si. The summed E-state index contributed by atoms with van der Waals surface area (Å²) >= 11 is 0. The standard InChI is InChI=1S/C30H33F5N6O3Si.C24H19F5N6O2/c1-38-16-20-13-22(7-10-25(20)37-38)40-17-26-27(41(29(40)42)21-5-8-24(9-6-21)44-28(31)32)14-23(15-36-26)39(18-30(33,34)35)19-43-11-12-45(2,3)4;1-33-11-14-8-17(4-7-19(14)32-33)34-12-20-21(9-15(10-30-20)31-13-24(27,28)29)35(23(34)36)16-2-5-18(6-3-16)37-22(25)26/h5-10,13-16,28H,11-12,17-19H2,1-4H3;2-11,22,31H,12-13H2,1H3. The fourth-order valence-corrected chi connectivity index (χ4v) is 9.74. The molecule has 10 rings (SSSR count). The summed E-state index contributed by atoms with van der Waals surface area (Å²) in [6, 6.07) is 24.0. The molecule has 4 aromatic heterocycles. The number of rotatable bonds is 17. The molecule has 0 aliphatic carbocycles. The van der Waals surface area contributed by atoms with Gasteiger partial charge < -0.3 is 24.4 Å². The van der Waals surface area contributed by atoms with Gasteiger partial charge in [-0.05, 0) is 103 Å². The molecule has 1 N–H and O–H groups in total. The average Bonchev–Trinajstić information content (AvgIpc) is 2.52. The number of pyridine rings is 2. The number of hydrogen-bond donors (Lipinski definition) is 1. The highest BCUT2D eigenvalue weighted by molar-refractivity contribution is 6.76. The molecule has 0 radical (unpaired) electrons. The molecule has 28 heteroatoms. The van der Waals surface area contributed by atoms with Gasteiger partial charge in [-0.1, -0.05) is 19.6 Å². The number of anilines is 8. The van der Waals surface area contributed by atoms with Crippen LogP contribution in [-0.4, -0.2) is 102 Å². The average molecular weight is 1170 g/mol. The monoisotopic (exact) mass is 1170 g/mol.